The van der Waals surface area contributed by atoms with Crippen LogP contribution in [0.25, 0.3) is 0 Å². The fourth-order valence-electron chi connectivity index (χ4n) is 1.76. The summed E-state index contributed by atoms with van der Waals surface area (Å²) in [5.41, 5.74) is 1.18. The van der Waals surface area contributed by atoms with Crippen molar-refractivity contribution in [3.63, 3.8) is 0 Å². The van der Waals surface area contributed by atoms with E-state index in [0.717, 1.165) is 6.54 Å². The van der Waals surface area contributed by atoms with Crippen LogP contribution in [-0.4, -0.2) is 26.0 Å². The molecule has 1 unspecified atom stereocenters. The van der Waals surface area contributed by atoms with Gasteiger partial charge in [-0.15, -0.1) is 0 Å². The van der Waals surface area contributed by atoms with Crippen molar-refractivity contribution in [2.75, 3.05) is 25.0 Å². The fraction of sp³-hybridized carbons (Fsp3) is 0.429. The summed E-state index contributed by atoms with van der Waals surface area (Å²) in [4.78, 5) is 13.8. The molecule has 0 aliphatic carbocycles. The SMILES string of the molecule is CCNCC(C)C(=O)N(C)c1ccccc1C#N. The van der Waals surface area contributed by atoms with Gasteiger partial charge in [0.15, 0.2) is 0 Å². The molecule has 0 bridgehead atoms. The van der Waals surface area contributed by atoms with Crippen molar-refractivity contribution in [3.05, 3.63) is 29.8 Å². The molecule has 0 aliphatic heterocycles. The van der Waals surface area contributed by atoms with Gasteiger partial charge in [-0.3, -0.25) is 4.79 Å². The van der Waals surface area contributed by atoms with Gasteiger partial charge in [0.1, 0.15) is 6.07 Å². The van der Waals surface area contributed by atoms with E-state index >= 15 is 0 Å². The Labute approximate surface area is 108 Å². The molecule has 0 radical (unpaired) electrons. The molecule has 4 nitrogen and oxygen atoms in total. The summed E-state index contributed by atoms with van der Waals surface area (Å²) in [6.45, 7) is 5.38. The number of benzene rings is 1. The highest BCUT2D eigenvalue weighted by Crippen LogP contribution is 2.19. The molecule has 1 amide bonds. The Bertz CT molecular complexity index is 451. The van der Waals surface area contributed by atoms with Crippen LogP contribution in [0.1, 0.15) is 19.4 Å². The minimum Gasteiger partial charge on any atom is -0.316 e. The molecule has 1 N–H and O–H groups in total. The zero-order valence-corrected chi connectivity index (χ0v) is 11.1. The third-order valence-corrected chi connectivity index (χ3v) is 2.84. The summed E-state index contributed by atoms with van der Waals surface area (Å²) in [5.74, 6) is -0.0969. The van der Waals surface area contributed by atoms with Crippen LogP contribution in [0, 0.1) is 17.2 Å². The molecule has 0 heterocycles. The van der Waals surface area contributed by atoms with Gasteiger partial charge in [0, 0.05) is 19.5 Å². The van der Waals surface area contributed by atoms with Crippen LogP contribution in [0.4, 0.5) is 5.69 Å². The Kier molecular flexibility index (Phi) is 5.34. The fourth-order valence-corrected chi connectivity index (χ4v) is 1.76. The van der Waals surface area contributed by atoms with E-state index in [1.807, 2.05) is 19.9 Å². The van der Waals surface area contributed by atoms with Crippen molar-refractivity contribution >= 4 is 11.6 Å². The minimum absolute atomic E-state index is 0.0126. The lowest BCUT2D eigenvalue weighted by atomic mass is 10.1. The van der Waals surface area contributed by atoms with Crippen molar-refractivity contribution in [1.82, 2.24) is 5.32 Å². The number of para-hydroxylation sites is 1. The smallest absolute Gasteiger partial charge is 0.230 e. The lowest BCUT2D eigenvalue weighted by molar-refractivity contribution is -0.121. The third-order valence-electron chi connectivity index (χ3n) is 2.84. The first kappa shape index (κ1) is 14.2. The van der Waals surface area contributed by atoms with Gasteiger partial charge in [0.05, 0.1) is 11.3 Å². The van der Waals surface area contributed by atoms with Gasteiger partial charge in [-0.1, -0.05) is 26.0 Å². The highest BCUT2D eigenvalue weighted by Gasteiger charge is 2.19. The Morgan fingerprint density at radius 2 is 2.17 bits per heavy atom. The predicted octanol–water partition coefficient (Wildman–Crippen LogP) is 1.77. The molecule has 1 atom stereocenters. The standard InChI is InChI=1S/C14H19N3O/c1-4-16-10-11(2)14(18)17(3)13-8-6-5-7-12(13)9-15/h5-8,11,16H,4,10H2,1-3H3. The van der Waals surface area contributed by atoms with Gasteiger partial charge in [-0.25, -0.2) is 0 Å². The summed E-state index contributed by atoms with van der Waals surface area (Å²) >= 11 is 0. The minimum atomic E-state index is -0.110. The number of rotatable bonds is 5. The maximum Gasteiger partial charge on any atom is 0.230 e. The molecule has 1 aromatic carbocycles. The molecule has 96 valence electrons. The van der Waals surface area contributed by atoms with E-state index in [9.17, 15) is 4.79 Å². The number of nitrogens with one attached hydrogen (secondary N) is 1. The average Bonchev–Trinajstić information content (AvgIpc) is 2.42. The number of hydrogen-bond acceptors (Lipinski definition) is 3. The van der Waals surface area contributed by atoms with E-state index in [0.29, 0.717) is 17.8 Å². The van der Waals surface area contributed by atoms with Gasteiger partial charge in [0.25, 0.3) is 0 Å². The van der Waals surface area contributed by atoms with Gasteiger partial charge < -0.3 is 10.2 Å². The summed E-state index contributed by atoms with van der Waals surface area (Å²) < 4.78 is 0. The van der Waals surface area contributed by atoms with Crippen molar-refractivity contribution in [1.29, 1.82) is 5.26 Å². The average molecular weight is 245 g/mol. The normalized spacial score (nSPS) is 11.7. The molecule has 0 saturated carbocycles. The molecule has 0 spiro atoms. The maximum atomic E-state index is 12.2. The van der Waals surface area contributed by atoms with Crippen LogP contribution in [0.2, 0.25) is 0 Å². The number of nitrogens with zero attached hydrogens (tertiary/aromatic N) is 2. The topological polar surface area (TPSA) is 56.1 Å². The summed E-state index contributed by atoms with van der Waals surface area (Å²) in [7, 11) is 1.71. The molecule has 4 heteroatoms. The Morgan fingerprint density at radius 1 is 1.50 bits per heavy atom. The van der Waals surface area contributed by atoms with Gasteiger partial charge in [-0.2, -0.15) is 5.26 Å². The molecule has 1 rings (SSSR count). The van der Waals surface area contributed by atoms with Gasteiger partial charge in [0.2, 0.25) is 5.91 Å². The number of carbonyl (C=O) groups is 1. The quantitative estimate of drug-likeness (QED) is 0.860. The van der Waals surface area contributed by atoms with Crippen LogP contribution in [0.15, 0.2) is 24.3 Å². The molecular formula is C14H19N3O. The maximum absolute atomic E-state index is 12.2. The Balaban J connectivity index is 2.83. The zero-order valence-electron chi connectivity index (χ0n) is 11.1. The molecule has 0 aromatic heterocycles. The Hall–Kier alpha value is -1.86. The van der Waals surface area contributed by atoms with E-state index in [4.69, 9.17) is 5.26 Å². The zero-order chi connectivity index (χ0) is 13.5. The second-order valence-electron chi connectivity index (χ2n) is 4.23. The van der Waals surface area contributed by atoms with E-state index in [2.05, 4.69) is 11.4 Å². The molecule has 1 aromatic rings. The highest BCUT2D eigenvalue weighted by atomic mass is 16.2. The van der Waals surface area contributed by atoms with Crippen molar-refractivity contribution in [3.8, 4) is 6.07 Å². The summed E-state index contributed by atoms with van der Waals surface area (Å²) in [6.07, 6.45) is 0. The highest BCUT2D eigenvalue weighted by molar-refractivity contribution is 5.95. The number of nitriles is 1. The third kappa shape index (κ3) is 3.31. The second-order valence-corrected chi connectivity index (χ2v) is 4.23. The molecular weight excluding hydrogens is 226 g/mol. The lowest BCUT2D eigenvalue weighted by Gasteiger charge is -2.22. The number of anilines is 1. The van der Waals surface area contributed by atoms with Crippen molar-refractivity contribution < 1.29 is 4.79 Å². The van der Waals surface area contributed by atoms with E-state index in [-0.39, 0.29) is 11.8 Å². The summed E-state index contributed by atoms with van der Waals surface area (Å²) in [5, 5.41) is 12.2. The van der Waals surface area contributed by atoms with Crippen molar-refractivity contribution in [2.24, 2.45) is 5.92 Å². The monoisotopic (exact) mass is 245 g/mol. The Morgan fingerprint density at radius 3 is 2.78 bits per heavy atom. The van der Waals surface area contributed by atoms with Crippen LogP contribution in [0.5, 0.6) is 0 Å². The summed E-state index contributed by atoms with van der Waals surface area (Å²) in [6, 6.07) is 9.23. The van der Waals surface area contributed by atoms with Gasteiger partial charge >= 0.3 is 0 Å². The van der Waals surface area contributed by atoms with Gasteiger partial charge in [-0.05, 0) is 18.7 Å². The van der Waals surface area contributed by atoms with E-state index in [1.165, 1.54) is 0 Å². The first-order chi connectivity index (χ1) is 8.61. The number of hydrogen-bond donors (Lipinski definition) is 1. The van der Waals surface area contributed by atoms with E-state index in [1.54, 1.807) is 30.1 Å². The van der Waals surface area contributed by atoms with Crippen LogP contribution >= 0.6 is 0 Å². The first-order valence-corrected chi connectivity index (χ1v) is 6.09. The molecule has 18 heavy (non-hydrogen) atoms. The first-order valence-electron chi connectivity index (χ1n) is 6.09. The largest absolute Gasteiger partial charge is 0.316 e. The molecule has 0 aliphatic rings. The van der Waals surface area contributed by atoms with E-state index < -0.39 is 0 Å². The van der Waals surface area contributed by atoms with Crippen LogP contribution < -0.4 is 10.2 Å². The molecule has 0 fully saturated rings. The number of carbonyl (C=O) groups excluding carboxylic acids is 1. The van der Waals surface area contributed by atoms with Crippen LogP contribution in [0.3, 0.4) is 0 Å². The predicted molar refractivity (Wildman–Crippen MR) is 72.3 cm³/mol. The van der Waals surface area contributed by atoms with Crippen LogP contribution in [-0.2, 0) is 4.79 Å². The van der Waals surface area contributed by atoms with Crippen molar-refractivity contribution in [2.45, 2.75) is 13.8 Å². The lowest BCUT2D eigenvalue weighted by Crippen LogP contribution is -2.37. The second kappa shape index (κ2) is 6.77. The molecule has 0 saturated heterocycles. The number of amides is 1.